The van der Waals surface area contributed by atoms with Crippen LogP contribution in [0.2, 0.25) is 0 Å². The van der Waals surface area contributed by atoms with Gasteiger partial charge in [-0.1, -0.05) is 28.1 Å². The molecular weight excluding hydrogens is 446 g/mol. The van der Waals surface area contributed by atoms with Crippen LogP contribution in [0.4, 0.5) is 10.5 Å². The van der Waals surface area contributed by atoms with Gasteiger partial charge in [0.25, 0.3) is 0 Å². The summed E-state index contributed by atoms with van der Waals surface area (Å²) in [4.78, 5) is 31.2. The quantitative estimate of drug-likeness (QED) is 0.668. The molecule has 0 unspecified atom stereocenters. The summed E-state index contributed by atoms with van der Waals surface area (Å²) in [7, 11) is 1.65. The molecule has 7 heteroatoms. The number of likely N-dealkylation sites (tertiary alicyclic amines) is 1. The first-order chi connectivity index (χ1) is 14.4. The number of halogens is 1. The molecule has 0 atom stereocenters. The third kappa shape index (κ3) is 3.90. The van der Waals surface area contributed by atoms with Gasteiger partial charge in [0.15, 0.2) is 0 Å². The Hall–Kier alpha value is -2.54. The van der Waals surface area contributed by atoms with E-state index in [1.165, 1.54) is 0 Å². The molecular formula is C23H26BrN3O3. The zero-order valence-electron chi connectivity index (χ0n) is 17.3. The van der Waals surface area contributed by atoms with Crippen LogP contribution in [0.25, 0.3) is 0 Å². The zero-order valence-corrected chi connectivity index (χ0v) is 18.9. The van der Waals surface area contributed by atoms with Gasteiger partial charge in [-0.2, -0.15) is 0 Å². The second-order valence-corrected chi connectivity index (χ2v) is 8.93. The molecule has 2 fully saturated rings. The van der Waals surface area contributed by atoms with Crippen molar-refractivity contribution in [1.29, 1.82) is 0 Å². The van der Waals surface area contributed by atoms with E-state index >= 15 is 0 Å². The van der Waals surface area contributed by atoms with Crippen molar-refractivity contribution in [2.75, 3.05) is 31.6 Å². The molecule has 0 saturated carbocycles. The predicted molar refractivity (Wildman–Crippen MR) is 120 cm³/mol. The molecule has 1 spiro atoms. The number of methoxy groups -OCH3 is 1. The molecule has 158 valence electrons. The van der Waals surface area contributed by atoms with E-state index in [0.717, 1.165) is 34.3 Å². The first-order valence-corrected chi connectivity index (χ1v) is 10.9. The van der Waals surface area contributed by atoms with Crippen molar-refractivity contribution in [2.45, 2.75) is 31.8 Å². The average Bonchev–Trinajstić information content (AvgIpc) is 3.01. The molecule has 2 aliphatic rings. The molecule has 2 saturated heterocycles. The SMILES string of the molecule is COc1cccc(CN2C(=O)N(c3ccc(Br)cc3)CC23CCN(C(C)=O)CC3)c1. The maximum atomic E-state index is 13.6. The monoisotopic (exact) mass is 471 g/mol. The lowest BCUT2D eigenvalue weighted by atomic mass is 9.86. The smallest absolute Gasteiger partial charge is 0.325 e. The summed E-state index contributed by atoms with van der Waals surface area (Å²) in [5, 5.41) is 0. The minimum atomic E-state index is -0.292. The van der Waals surface area contributed by atoms with Crippen molar-refractivity contribution in [1.82, 2.24) is 9.80 Å². The van der Waals surface area contributed by atoms with E-state index in [9.17, 15) is 9.59 Å². The summed E-state index contributed by atoms with van der Waals surface area (Å²) in [6, 6.07) is 15.7. The summed E-state index contributed by atoms with van der Waals surface area (Å²) in [6.07, 6.45) is 1.55. The number of anilines is 1. The number of carbonyl (C=O) groups is 2. The summed E-state index contributed by atoms with van der Waals surface area (Å²) in [6.45, 7) is 4.10. The van der Waals surface area contributed by atoms with Crippen LogP contribution in [0.1, 0.15) is 25.3 Å². The van der Waals surface area contributed by atoms with Crippen LogP contribution in [-0.4, -0.2) is 54.0 Å². The van der Waals surface area contributed by atoms with Gasteiger partial charge in [0.1, 0.15) is 5.75 Å². The van der Waals surface area contributed by atoms with Gasteiger partial charge < -0.3 is 14.5 Å². The zero-order chi connectivity index (χ0) is 21.3. The fourth-order valence-corrected chi connectivity index (χ4v) is 4.74. The van der Waals surface area contributed by atoms with Crippen molar-refractivity contribution in [3.8, 4) is 5.75 Å². The number of nitrogens with zero attached hydrogens (tertiary/aromatic N) is 3. The van der Waals surface area contributed by atoms with Gasteiger partial charge in [-0.05, 0) is 54.8 Å². The minimum Gasteiger partial charge on any atom is -0.497 e. The van der Waals surface area contributed by atoms with E-state index in [4.69, 9.17) is 4.74 Å². The second kappa shape index (κ2) is 8.30. The summed E-state index contributed by atoms with van der Waals surface area (Å²) in [5.74, 6) is 0.877. The maximum Gasteiger partial charge on any atom is 0.325 e. The number of urea groups is 1. The Morgan fingerprint density at radius 2 is 1.83 bits per heavy atom. The van der Waals surface area contributed by atoms with Gasteiger partial charge in [-0.25, -0.2) is 4.79 Å². The molecule has 2 aromatic carbocycles. The number of ether oxygens (including phenoxy) is 1. The lowest BCUT2D eigenvalue weighted by Gasteiger charge is -2.43. The highest BCUT2D eigenvalue weighted by Crippen LogP contribution is 2.39. The number of amides is 3. The third-order valence-electron chi connectivity index (χ3n) is 6.24. The van der Waals surface area contributed by atoms with Crippen molar-refractivity contribution >= 4 is 33.6 Å². The number of hydrogen-bond acceptors (Lipinski definition) is 3. The number of piperidine rings is 1. The van der Waals surface area contributed by atoms with Crippen LogP contribution in [0.5, 0.6) is 5.75 Å². The Kier molecular flexibility index (Phi) is 5.73. The molecule has 2 aromatic rings. The lowest BCUT2D eigenvalue weighted by Crippen LogP contribution is -2.54. The van der Waals surface area contributed by atoms with Crippen LogP contribution >= 0.6 is 15.9 Å². The number of benzene rings is 2. The van der Waals surface area contributed by atoms with Gasteiger partial charge >= 0.3 is 6.03 Å². The maximum absolute atomic E-state index is 13.6. The Balaban J connectivity index is 1.65. The molecule has 4 rings (SSSR count). The molecule has 2 heterocycles. The molecule has 3 amide bonds. The fraction of sp³-hybridized carbons (Fsp3) is 0.391. The van der Waals surface area contributed by atoms with Gasteiger partial charge in [0.05, 0.1) is 19.2 Å². The largest absolute Gasteiger partial charge is 0.497 e. The predicted octanol–water partition coefficient (Wildman–Crippen LogP) is 4.28. The second-order valence-electron chi connectivity index (χ2n) is 8.01. The van der Waals surface area contributed by atoms with Gasteiger partial charge in [0, 0.05) is 36.7 Å². The van der Waals surface area contributed by atoms with Crippen molar-refractivity contribution in [2.24, 2.45) is 0 Å². The minimum absolute atomic E-state index is 0.0106. The van der Waals surface area contributed by atoms with Crippen molar-refractivity contribution in [3.63, 3.8) is 0 Å². The highest BCUT2D eigenvalue weighted by atomic mass is 79.9. The average molecular weight is 472 g/mol. The summed E-state index contributed by atoms with van der Waals surface area (Å²) < 4.78 is 6.34. The van der Waals surface area contributed by atoms with E-state index in [0.29, 0.717) is 26.2 Å². The molecule has 6 nitrogen and oxygen atoms in total. The van der Waals surface area contributed by atoms with E-state index < -0.39 is 0 Å². The standard InChI is InChI=1S/C23H26BrN3O3/c1-17(28)25-12-10-23(11-13-25)16-26(20-8-6-19(24)7-9-20)22(29)27(23)15-18-4-3-5-21(14-18)30-2/h3-9,14H,10-13,15-16H2,1-2H3. The topological polar surface area (TPSA) is 53.1 Å². The molecule has 0 aromatic heterocycles. The first kappa shape index (κ1) is 20.7. The summed E-state index contributed by atoms with van der Waals surface area (Å²) >= 11 is 3.47. The van der Waals surface area contributed by atoms with Crippen LogP contribution in [0, 0.1) is 0 Å². The molecule has 0 N–H and O–H groups in total. The fourth-order valence-electron chi connectivity index (χ4n) is 4.47. The first-order valence-electron chi connectivity index (χ1n) is 10.1. The summed E-state index contributed by atoms with van der Waals surface area (Å²) in [5.41, 5.74) is 1.64. The van der Waals surface area contributed by atoms with Crippen LogP contribution in [0.3, 0.4) is 0 Å². The molecule has 30 heavy (non-hydrogen) atoms. The normalized spacial score (nSPS) is 18.2. The molecule has 0 aliphatic carbocycles. The van der Waals surface area contributed by atoms with Gasteiger partial charge in [0.2, 0.25) is 5.91 Å². The lowest BCUT2D eigenvalue weighted by molar-refractivity contribution is -0.131. The third-order valence-corrected chi connectivity index (χ3v) is 6.77. The Morgan fingerprint density at radius 3 is 2.47 bits per heavy atom. The highest BCUT2D eigenvalue weighted by Gasteiger charge is 2.51. The van der Waals surface area contributed by atoms with Crippen LogP contribution < -0.4 is 9.64 Å². The van der Waals surface area contributed by atoms with Gasteiger partial charge in [-0.3, -0.25) is 9.69 Å². The van der Waals surface area contributed by atoms with Crippen molar-refractivity contribution in [3.05, 3.63) is 58.6 Å². The number of hydrogen-bond donors (Lipinski definition) is 0. The Bertz CT molecular complexity index is 939. The molecule has 2 aliphatic heterocycles. The molecule has 0 radical (unpaired) electrons. The number of rotatable bonds is 4. The highest BCUT2D eigenvalue weighted by molar-refractivity contribution is 9.10. The number of carbonyl (C=O) groups excluding carboxylic acids is 2. The molecule has 0 bridgehead atoms. The van der Waals surface area contributed by atoms with E-state index in [1.54, 1.807) is 14.0 Å². The Labute approximate surface area is 185 Å². The van der Waals surface area contributed by atoms with Crippen LogP contribution in [0.15, 0.2) is 53.0 Å². The van der Waals surface area contributed by atoms with Gasteiger partial charge in [-0.15, -0.1) is 0 Å². The van der Waals surface area contributed by atoms with Crippen LogP contribution in [-0.2, 0) is 11.3 Å². The Morgan fingerprint density at radius 1 is 1.13 bits per heavy atom. The van der Waals surface area contributed by atoms with E-state index in [1.807, 2.05) is 63.2 Å². The van der Waals surface area contributed by atoms with E-state index in [2.05, 4.69) is 15.9 Å². The van der Waals surface area contributed by atoms with E-state index in [-0.39, 0.29) is 17.5 Å². The van der Waals surface area contributed by atoms with Crippen molar-refractivity contribution < 1.29 is 14.3 Å².